The highest BCUT2D eigenvalue weighted by Crippen LogP contribution is 2.18. The second kappa shape index (κ2) is 16.0. The number of guanidine groups is 1. The average Bonchev–Trinajstić information content (AvgIpc) is 2.85. The van der Waals surface area contributed by atoms with Crippen molar-refractivity contribution in [2.45, 2.75) is 63.8 Å². The van der Waals surface area contributed by atoms with Crippen LogP contribution >= 0.6 is 12.6 Å². The van der Waals surface area contributed by atoms with E-state index in [1.165, 1.54) is 31.7 Å². The zero-order valence-electron chi connectivity index (χ0n) is 22.2. The first-order valence-corrected chi connectivity index (χ1v) is 13.3. The van der Waals surface area contributed by atoms with Crippen LogP contribution in [0.15, 0.2) is 29.3 Å². The third-order valence-corrected chi connectivity index (χ3v) is 6.06. The average molecular weight is 532 g/mol. The van der Waals surface area contributed by atoms with E-state index in [4.69, 9.17) is 10.00 Å². The van der Waals surface area contributed by atoms with Gasteiger partial charge in [-0.25, -0.2) is 0 Å². The van der Waals surface area contributed by atoms with Gasteiger partial charge in [0, 0.05) is 44.3 Å². The molecule has 1 unspecified atom stereocenters. The smallest absolute Gasteiger partial charge is 0.244 e. The number of hydrogen-bond acceptors (Lipinski definition) is 7. The minimum Gasteiger partial charge on any atom is -0.494 e. The molecular formula is C26H41N7O3S. The summed E-state index contributed by atoms with van der Waals surface area (Å²) >= 11 is 4.41. The number of nitrogens with one attached hydrogen (secondary N) is 4. The number of rotatable bonds is 13. The lowest BCUT2D eigenvalue weighted by atomic mass is 10.0. The molecule has 2 rings (SSSR count). The highest BCUT2D eigenvalue weighted by atomic mass is 32.1. The Morgan fingerprint density at radius 3 is 2.62 bits per heavy atom. The minimum absolute atomic E-state index is 0.280. The largest absolute Gasteiger partial charge is 0.494 e. The molecule has 1 aliphatic heterocycles. The maximum Gasteiger partial charge on any atom is 0.244 e. The number of likely N-dealkylation sites (tertiary alicyclic amines) is 1. The van der Waals surface area contributed by atoms with Crippen LogP contribution in [-0.4, -0.2) is 72.8 Å². The van der Waals surface area contributed by atoms with E-state index in [0.717, 1.165) is 25.4 Å². The Bertz CT molecular complexity index is 937. The molecule has 2 amide bonds. The van der Waals surface area contributed by atoms with Gasteiger partial charge in [0.2, 0.25) is 17.8 Å². The molecule has 1 heterocycles. The Hall–Kier alpha value is -2.97. The summed E-state index contributed by atoms with van der Waals surface area (Å²) in [6, 6.07) is 7.46. The molecule has 37 heavy (non-hydrogen) atoms. The fourth-order valence-electron chi connectivity index (χ4n) is 3.98. The molecule has 0 saturated carbocycles. The Morgan fingerprint density at radius 1 is 1.22 bits per heavy atom. The maximum absolute atomic E-state index is 12.5. The lowest BCUT2D eigenvalue weighted by Crippen LogP contribution is -2.56. The van der Waals surface area contributed by atoms with Gasteiger partial charge in [-0.3, -0.25) is 24.8 Å². The first-order chi connectivity index (χ1) is 17.7. The van der Waals surface area contributed by atoms with Crippen LogP contribution in [0.2, 0.25) is 0 Å². The molecule has 0 radical (unpaired) electrons. The molecular weight excluding hydrogens is 490 g/mol. The van der Waals surface area contributed by atoms with Crippen molar-refractivity contribution in [1.82, 2.24) is 26.2 Å². The van der Waals surface area contributed by atoms with E-state index in [9.17, 15) is 9.59 Å². The predicted octanol–water partition coefficient (Wildman–Crippen LogP) is 1.79. The molecule has 0 bridgehead atoms. The zero-order chi connectivity index (χ0) is 27.1. The SMILES string of the molecule is CC(=O)NC(C(=O)NCCNC(=NCCCOc1cccc(CN2CCCCC2)c1)NC#N)C(C)(C)S. The third kappa shape index (κ3) is 12.2. The lowest BCUT2D eigenvalue weighted by molar-refractivity contribution is -0.128. The first-order valence-electron chi connectivity index (χ1n) is 12.8. The van der Waals surface area contributed by atoms with Crippen LogP contribution in [0, 0.1) is 11.5 Å². The van der Waals surface area contributed by atoms with Crippen molar-refractivity contribution >= 4 is 30.4 Å². The second-order valence-electron chi connectivity index (χ2n) is 9.66. The normalized spacial score (nSPS) is 15.3. The van der Waals surface area contributed by atoms with Crippen molar-refractivity contribution < 1.29 is 14.3 Å². The molecule has 1 aliphatic rings. The van der Waals surface area contributed by atoms with E-state index >= 15 is 0 Å². The molecule has 11 heteroatoms. The van der Waals surface area contributed by atoms with Gasteiger partial charge in [-0.15, -0.1) is 0 Å². The van der Waals surface area contributed by atoms with Crippen molar-refractivity contribution in [3.63, 3.8) is 0 Å². The Kier molecular flexibility index (Phi) is 13.1. The number of aliphatic imine (C=N–C) groups is 1. The number of thiol groups is 1. The van der Waals surface area contributed by atoms with Gasteiger partial charge < -0.3 is 20.7 Å². The monoisotopic (exact) mass is 531 g/mol. The third-order valence-electron chi connectivity index (χ3n) is 5.80. The molecule has 1 saturated heterocycles. The predicted molar refractivity (Wildman–Crippen MR) is 148 cm³/mol. The minimum atomic E-state index is -0.774. The molecule has 0 aromatic heterocycles. The Labute approximate surface area is 226 Å². The summed E-state index contributed by atoms with van der Waals surface area (Å²) in [6.45, 7) is 9.75. The van der Waals surface area contributed by atoms with Crippen LogP contribution in [0.3, 0.4) is 0 Å². The quantitative estimate of drug-likeness (QED) is 0.0655. The lowest BCUT2D eigenvalue weighted by Gasteiger charge is -2.29. The van der Waals surface area contributed by atoms with Crippen LogP contribution < -0.4 is 26.0 Å². The Morgan fingerprint density at radius 2 is 1.95 bits per heavy atom. The van der Waals surface area contributed by atoms with Gasteiger partial charge in [0.15, 0.2) is 6.19 Å². The summed E-state index contributed by atoms with van der Waals surface area (Å²) < 4.78 is 5.18. The summed E-state index contributed by atoms with van der Waals surface area (Å²) in [6.07, 6.45) is 6.42. The van der Waals surface area contributed by atoms with Crippen molar-refractivity contribution in [3.8, 4) is 11.9 Å². The van der Waals surface area contributed by atoms with E-state index < -0.39 is 10.8 Å². The van der Waals surface area contributed by atoms with Crippen molar-refractivity contribution in [2.24, 2.45) is 4.99 Å². The summed E-state index contributed by atoms with van der Waals surface area (Å²) in [4.78, 5) is 30.7. The van der Waals surface area contributed by atoms with E-state index in [1.54, 1.807) is 13.8 Å². The molecule has 1 atom stereocenters. The van der Waals surface area contributed by atoms with Gasteiger partial charge in [-0.1, -0.05) is 18.6 Å². The summed E-state index contributed by atoms with van der Waals surface area (Å²) in [5.74, 6) is 0.543. The van der Waals surface area contributed by atoms with Gasteiger partial charge in [-0.05, 0) is 57.5 Å². The fourth-order valence-corrected chi connectivity index (χ4v) is 4.16. The molecule has 4 N–H and O–H groups in total. The van der Waals surface area contributed by atoms with Gasteiger partial charge in [0.1, 0.15) is 11.8 Å². The number of nitrogens with zero attached hydrogens (tertiary/aromatic N) is 3. The number of nitriles is 1. The molecule has 10 nitrogen and oxygen atoms in total. The number of piperidine rings is 1. The van der Waals surface area contributed by atoms with Gasteiger partial charge >= 0.3 is 0 Å². The van der Waals surface area contributed by atoms with Crippen LogP contribution in [0.25, 0.3) is 0 Å². The molecule has 1 aromatic rings. The molecule has 1 fully saturated rings. The van der Waals surface area contributed by atoms with E-state index in [2.05, 4.69) is 55.9 Å². The van der Waals surface area contributed by atoms with Gasteiger partial charge in [-0.2, -0.15) is 17.9 Å². The van der Waals surface area contributed by atoms with E-state index in [1.807, 2.05) is 18.3 Å². The first kappa shape index (κ1) is 30.3. The number of ether oxygens (including phenoxy) is 1. The van der Waals surface area contributed by atoms with Crippen LogP contribution in [0.1, 0.15) is 52.0 Å². The van der Waals surface area contributed by atoms with Crippen molar-refractivity contribution in [2.75, 3.05) is 39.3 Å². The highest BCUT2D eigenvalue weighted by Gasteiger charge is 2.32. The summed E-state index contributed by atoms with van der Waals surface area (Å²) in [5.41, 5.74) is 1.26. The molecule has 0 aliphatic carbocycles. The number of amides is 2. The number of carbonyl (C=O) groups excluding carboxylic acids is 2. The fraction of sp³-hybridized carbons (Fsp3) is 0.615. The van der Waals surface area contributed by atoms with E-state index in [0.29, 0.717) is 32.1 Å². The summed E-state index contributed by atoms with van der Waals surface area (Å²) in [7, 11) is 0. The van der Waals surface area contributed by atoms with Gasteiger partial charge in [0.05, 0.1) is 6.61 Å². The maximum atomic E-state index is 12.5. The van der Waals surface area contributed by atoms with Crippen LogP contribution in [-0.2, 0) is 16.1 Å². The molecule has 0 spiro atoms. The number of hydrogen-bond donors (Lipinski definition) is 5. The van der Waals surface area contributed by atoms with Crippen molar-refractivity contribution in [3.05, 3.63) is 29.8 Å². The standard InChI is InChI=1S/C26H41N7O3S/c1-20(34)32-23(26(2,3)37)24(35)28-12-13-30-25(31-19-27)29-11-8-16-36-22-10-7-9-21(17-22)18-33-14-5-4-6-15-33/h7,9-10,17,23,37H,4-6,8,11-16,18H2,1-3H3,(H,28,35)(H,32,34)(H2,29,30,31). The Balaban J connectivity index is 1.71. The number of benzene rings is 1. The zero-order valence-corrected chi connectivity index (χ0v) is 23.1. The summed E-state index contributed by atoms with van der Waals surface area (Å²) in [5, 5.41) is 19.9. The topological polar surface area (TPSA) is 131 Å². The van der Waals surface area contributed by atoms with E-state index in [-0.39, 0.29) is 18.4 Å². The van der Waals surface area contributed by atoms with Crippen LogP contribution in [0.4, 0.5) is 0 Å². The van der Waals surface area contributed by atoms with Crippen LogP contribution in [0.5, 0.6) is 5.75 Å². The van der Waals surface area contributed by atoms with Gasteiger partial charge in [0.25, 0.3) is 0 Å². The number of carbonyl (C=O) groups is 2. The van der Waals surface area contributed by atoms with Crippen molar-refractivity contribution in [1.29, 1.82) is 5.26 Å². The molecule has 1 aromatic carbocycles. The second-order valence-corrected chi connectivity index (χ2v) is 10.8. The molecule has 204 valence electrons. The highest BCUT2D eigenvalue weighted by molar-refractivity contribution is 7.81.